The van der Waals surface area contributed by atoms with Crippen molar-refractivity contribution in [1.29, 1.82) is 0 Å². The number of nitrogen functional groups attached to an aromatic ring is 1. The molecule has 0 fully saturated rings. The van der Waals surface area contributed by atoms with Gasteiger partial charge in [-0.05, 0) is 59.0 Å². The fourth-order valence-corrected chi connectivity index (χ4v) is 2.17. The number of rotatable bonds is 2. The molecular formula is C13H12FIN2. The molecule has 0 bridgehead atoms. The Balaban J connectivity index is 2.40. The number of nitrogens with zero attached hydrogens (tertiary/aromatic N) is 1. The molecule has 2 rings (SSSR count). The van der Waals surface area contributed by atoms with Gasteiger partial charge in [0.25, 0.3) is 0 Å². The molecule has 0 aliphatic rings. The predicted octanol–water partition coefficient (Wildman–Crippen LogP) is 3.78. The third kappa shape index (κ3) is 2.69. The van der Waals surface area contributed by atoms with Crippen molar-refractivity contribution < 1.29 is 4.39 Å². The van der Waals surface area contributed by atoms with Crippen LogP contribution < -0.4 is 10.6 Å². The summed E-state index contributed by atoms with van der Waals surface area (Å²) >= 11 is 2.21. The zero-order chi connectivity index (χ0) is 12.4. The van der Waals surface area contributed by atoms with Crippen LogP contribution in [0.2, 0.25) is 0 Å². The largest absolute Gasteiger partial charge is 0.397 e. The van der Waals surface area contributed by atoms with E-state index < -0.39 is 0 Å². The van der Waals surface area contributed by atoms with E-state index in [1.165, 1.54) is 12.1 Å². The fourth-order valence-electron chi connectivity index (χ4n) is 1.65. The minimum atomic E-state index is -0.251. The van der Waals surface area contributed by atoms with E-state index in [9.17, 15) is 4.39 Å². The highest BCUT2D eigenvalue weighted by Gasteiger charge is 2.08. The van der Waals surface area contributed by atoms with Gasteiger partial charge in [-0.1, -0.05) is 6.07 Å². The van der Waals surface area contributed by atoms with Gasteiger partial charge in [-0.2, -0.15) is 0 Å². The number of hydrogen-bond acceptors (Lipinski definition) is 2. The Morgan fingerprint density at radius 3 is 2.59 bits per heavy atom. The molecule has 2 nitrogen and oxygen atoms in total. The summed E-state index contributed by atoms with van der Waals surface area (Å²) in [5.41, 5.74) is 8.29. The van der Waals surface area contributed by atoms with Gasteiger partial charge in [0, 0.05) is 16.3 Å². The average molecular weight is 342 g/mol. The van der Waals surface area contributed by atoms with Crippen molar-refractivity contribution in [1.82, 2.24) is 0 Å². The Morgan fingerprint density at radius 2 is 1.94 bits per heavy atom. The molecule has 2 aromatic carbocycles. The molecular weight excluding hydrogens is 330 g/mol. The van der Waals surface area contributed by atoms with Gasteiger partial charge in [0.05, 0.1) is 11.4 Å². The third-order valence-corrected chi connectivity index (χ3v) is 3.22. The second-order valence-electron chi connectivity index (χ2n) is 3.74. The summed E-state index contributed by atoms with van der Waals surface area (Å²) in [6.45, 7) is 0. The summed E-state index contributed by atoms with van der Waals surface area (Å²) in [6.07, 6.45) is 0. The quantitative estimate of drug-likeness (QED) is 0.665. The molecule has 0 aliphatic heterocycles. The van der Waals surface area contributed by atoms with Crippen LogP contribution in [-0.4, -0.2) is 7.05 Å². The normalized spacial score (nSPS) is 10.3. The minimum absolute atomic E-state index is 0.251. The molecule has 0 aromatic heterocycles. The van der Waals surface area contributed by atoms with E-state index >= 15 is 0 Å². The number of halogens is 2. The van der Waals surface area contributed by atoms with Crippen molar-refractivity contribution >= 4 is 39.7 Å². The van der Waals surface area contributed by atoms with Gasteiger partial charge in [-0.25, -0.2) is 4.39 Å². The molecule has 0 aliphatic carbocycles. The van der Waals surface area contributed by atoms with E-state index in [1.807, 2.05) is 36.2 Å². The van der Waals surface area contributed by atoms with E-state index in [0.717, 1.165) is 14.9 Å². The number of hydrogen-bond donors (Lipinski definition) is 1. The van der Waals surface area contributed by atoms with Crippen LogP contribution in [0.5, 0.6) is 0 Å². The monoisotopic (exact) mass is 342 g/mol. The lowest BCUT2D eigenvalue weighted by molar-refractivity contribution is 0.628. The number of benzene rings is 2. The van der Waals surface area contributed by atoms with Crippen LogP contribution in [-0.2, 0) is 0 Å². The first-order valence-corrected chi connectivity index (χ1v) is 6.20. The smallest absolute Gasteiger partial charge is 0.125 e. The van der Waals surface area contributed by atoms with Crippen LogP contribution in [0.4, 0.5) is 21.5 Å². The van der Waals surface area contributed by atoms with Crippen LogP contribution in [0.1, 0.15) is 0 Å². The molecule has 2 aromatic rings. The Labute approximate surface area is 113 Å². The molecule has 0 radical (unpaired) electrons. The van der Waals surface area contributed by atoms with Crippen LogP contribution in [0, 0.1) is 9.39 Å². The molecule has 17 heavy (non-hydrogen) atoms. The molecule has 0 spiro atoms. The highest BCUT2D eigenvalue weighted by molar-refractivity contribution is 14.1. The second kappa shape index (κ2) is 4.91. The predicted molar refractivity (Wildman–Crippen MR) is 78.0 cm³/mol. The zero-order valence-electron chi connectivity index (χ0n) is 9.32. The second-order valence-corrected chi connectivity index (χ2v) is 4.99. The third-order valence-electron chi connectivity index (χ3n) is 2.55. The van der Waals surface area contributed by atoms with Crippen LogP contribution in [0.15, 0.2) is 42.5 Å². The Hall–Kier alpha value is -1.30. The van der Waals surface area contributed by atoms with E-state index in [0.29, 0.717) is 5.69 Å². The number of anilines is 3. The summed E-state index contributed by atoms with van der Waals surface area (Å²) in [6, 6.07) is 12.2. The topological polar surface area (TPSA) is 29.3 Å². The Morgan fingerprint density at radius 1 is 1.18 bits per heavy atom. The lowest BCUT2D eigenvalue weighted by Gasteiger charge is -2.21. The fraction of sp³-hybridized carbons (Fsp3) is 0.0769. The molecule has 0 heterocycles. The van der Waals surface area contributed by atoms with Crippen LogP contribution in [0.3, 0.4) is 0 Å². The maximum absolute atomic E-state index is 13.1. The van der Waals surface area contributed by atoms with Gasteiger partial charge in [-0.3, -0.25) is 0 Å². The SMILES string of the molecule is CN(c1cccc(F)c1)c1ccc(I)cc1N. The standard InChI is InChI=1S/C13H12FIN2/c1-17(11-4-2-3-9(14)7-11)13-6-5-10(15)8-12(13)16/h2-8H,16H2,1H3. The van der Waals surface area contributed by atoms with Crippen molar-refractivity contribution in [3.8, 4) is 0 Å². The van der Waals surface area contributed by atoms with Crippen LogP contribution >= 0.6 is 22.6 Å². The van der Waals surface area contributed by atoms with Crippen molar-refractivity contribution in [3.05, 3.63) is 51.9 Å². The van der Waals surface area contributed by atoms with E-state index in [-0.39, 0.29) is 5.82 Å². The molecule has 0 saturated heterocycles. The first-order chi connectivity index (χ1) is 8.08. The molecule has 0 atom stereocenters. The Bertz CT molecular complexity index is 543. The summed E-state index contributed by atoms with van der Waals surface area (Å²) in [4.78, 5) is 1.87. The minimum Gasteiger partial charge on any atom is -0.397 e. The van der Waals surface area contributed by atoms with E-state index in [4.69, 9.17) is 5.73 Å². The molecule has 2 N–H and O–H groups in total. The highest BCUT2D eigenvalue weighted by atomic mass is 127. The molecule has 0 amide bonds. The van der Waals surface area contributed by atoms with Crippen molar-refractivity contribution in [2.24, 2.45) is 0 Å². The van der Waals surface area contributed by atoms with Gasteiger partial charge in [0.1, 0.15) is 5.82 Å². The van der Waals surface area contributed by atoms with Crippen molar-refractivity contribution in [2.45, 2.75) is 0 Å². The summed E-state index contributed by atoms with van der Waals surface area (Å²) in [5, 5.41) is 0. The first kappa shape index (κ1) is 12.2. The van der Waals surface area contributed by atoms with Gasteiger partial charge in [0.15, 0.2) is 0 Å². The van der Waals surface area contributed by atoms with Crippen molar-refractivity contribution in [2.75, 3.05) is 17.7 Å². The van der Waals surface area contributed by atoms with Gasteiger partial charge < -0.3 is 10.6 Å². The summed E-state index contributed by atoms with van der Waals surface area (Å²) in [7, 11) is 1.87. The molecule has 0 saturated carbocycles. The molecule has 4 heteroatoms. The molecule has 88 valence electrons. The summed E-state index contributed by atoms with van der Waals surface area (Å²) in [5.74, 6) is -0.251. The van der Waals surface area contributed by atoms with E-state index in [2.05, 4.69) is 22.6 Å². The van der Waals surface area contributed by atoms with Gasteiger partial charge in [0.2, 0.25) is 0 Å². The average Bonchev–Trinajstić information content (AvgIpc) is 2.28. The van der Waals surface area contributed by atoms with Gasteiger partial charge in [-0.15, -0.1) is 0 Å². The molecule has 0 unspecified atom stereocenters. The zero-order valence-corrected chi connectivity index (χ0v) is 11.5. The lowest BCUT2D eigenvalue weighted by Crippen LogP contribution is -2.11. The van der Waals surface area contributed by atoms with Gasteiger partial charge >= 0.3 is 0 Å². The lowest BCUT2D eigenvalue weighted by atomic mass is 10.2. The number of nitrogens with two attached hydrogens (primary N) is 1. The highest BCUT2D eigenvalue weighted by Crippen LogP contribution is 2.30. The maximum Gasteiger partial charge on any atom is 0.125 e. The summed E-state index contributed by atoms with van der Waals surface area (Å²) < 4.78 is 14.2. The Kier molecular flexibility index (Phi) is 3.51. The first-order valence-electron chi connectivity index (χ1n) is 5.12. The van der Waals surface area contributed by atoms with Crippen molar-refractivity contribution in [3.63, 3.8) is 0 Å². The van der Waals surface area contributed by atoms with Crippen LogP contribution in [0.25, 0.3) is 0 Å². The van der Waals surface area contributed by atoms with E-state index in [1.54, 1.807) is 6.07 Å². The maximum atomic E-state index is 13.1.